The van der Waals surface area contributed by atoms with Crippen LogP contribution in [0.15, 0.2) is 0 Å². The second kappa shape index (κ2) is 7.26. The summed E-state index contributed by atoms with van der Waals surface area (Å²) in [5, 5.41) is 32.0. The van der Waals surface area contributed by atoms with Crippen LogP contribution in [0.5, 0.6) is 0 Å². The molecule has 0 aromatic rings. The van der Waals surface area contributed by atoms with Crippen molar-refractivity contribution in [2.24, 2.45) is 56.7 Å². The zero-order chi connectivity index (χ0) is 25.2. The molecule has 0 amide bonds. The van der Waals surface area contributed by atoms with Crippen LogP contribution in [0.25, 0.3) is 0 Å². The highest BCUT2D eigenvalue weighted by atomic mass is 16.6. The average molecular weight is 489 g/mol. The van der Waals surface area contributed by atoms with E-state index in [1.54, 1.807) is 0 Å². The van der Waals surface area contributed by atoms with Gasteiger partial charge in [0.2, 0.25) is 0 Å². The molecule has 1 aliphatic heterocycles. The van der Waals surface area contributed by atoms with Crippen LogP contribution in [0.1, 0.15) is 98.8 Å². The number of hydrogen-bond acceptors (Lipinski definition) is 4. The van der Waals surface area contributed by atoms with Gasteiger partial charge in [0.25, 0.3) is 0 Å². The normalized spacial score (nSPS) is 61.2. The van der Waals surface area contributed by atoms with E-state index in [1.165, 1.54) is 0 Å². The molecule has 5 saturated carbocycles. The number of epoxide rings is 1. The minimum atomic E-state index is -0.571. The quantitative estimate of drug-likeness (QED) is 0.471. The molecule has 5 heteroatoms. The molecular formula is C30H48O5. The molecule has 0 radical (unpaired) electrons. The summed E-state index contributed by atoms with van der Waals surface area (Å²) in [5.41, 5.74) is -0.732. The van der Waals surface area contributed by atoms with Crippen LogP contribution >= 0.6 is 0 Å². The monoisotopic (exact) mass is 488 g/mol. The lowest BCUT2D eigenvalue weighted by atomic mass is 9.32. The fourth-order valence-electron chi connectivity index (χ4n) is 12.0. The number of hydrogen-bond donors (Lipinski definition) is 3. The highest BCUT2D eigenvalue weighted by Crippen LogP contribution is 2.78. The molecule has 6 fully saturated rings. The van der Waals surface area contributed by atoms with Crippen molar-refractivity contribution in [2.75, 3.05) is 13.2 Å². The van der Waals surface area contributed by atoms with Gasteiger partial charge in [-0.25, -0.2) is 0 Å². The molecular weight excluding hydrogens is 440 g/mol. The fourth-order valence-corrected chi connectivity index (χ4v) is 12.0. The molecule has 35 heavy (non-hydrogen) atoms. The standard InChI is InChI=1S/C30H48O5/c1-25-11-10-22(32)26(2,16-31)20(25)9-12-28(4)21(25)7-6-18-23-19(29(5)17-35-29)8-13-30(23,24(33)34)15-14-27(18,28)3/h18-23,31-32H,6-17H2,1-5H3,(H,33,34)/t18?,19?,20?,21?,22-,23?,25-,26-,27+,28+,29?,30-/m0/s1. The van der Waals surface area contributed by atoms with Crippen LogP contribution in [0, 0.1) is 56.7 Å². The summed E-state index contributed by atoms with van der Waals surface area (Å²) in [7, 11) is 0. The Bertz CT molecular complexity index is 914. The van der Waals surface area contributed by atoms with Crippen LogP contribution in [-0.2, 0) is 9.53 Å². The third-order valence-electron chi connectivity index (χ3n) is 14.4. The molecule has 12 atom stereocenters. The van der Waals surface area contributed by atoms with Crippen molar-refractivity contribution in [1.82, 2.24) is 0 Å². The van der Waals surface area contributed by atoms with Gasteiger partial charge < -0.3 is 20.1 Å². The van der Waals surface area contributed by atoms with E-state index in [0.29, 0.717) is 23.7 Å². The van der Waals surface area contributed by atoms with Crippen LogP contribution in [0.4, 0.5) is 0 Å². The van der Waals surface area contributed by atoms with E-state index in [1.807, 2.05) is 0 Å². The Hall–Kier alpha value is -0.650. The highest BCUT2D eigenvalue weighted by Gasteiger charge is 2.74. The zero-order valence-corrected chi connectivity index (χ0v) is 22.6. The molecule has 6 aliphatic rings. The maximum atomic E-state index is 12.9. The van der Waals surface area contributed by atoms with Crippen molar-refractivity contribution in [3.8, 4) is 0 Å². The first-order chi connectivity index (χ1) is 16.3. The summed E-state index contributed by atoms with van der Waals surface area (Å²) >= 11 is 0. The number of aliphatic hydroxyl groups excluding tert-OH is 2. The third kappa shape index (κ3) is 2.79. The second-order valence-corrected chi connectivity index (χ2v) is 15.1. The zero-order valence-electron chi connectivity index (χ0n) is 22.6. The first-order valence-corrected chi connectivity index (χ1v) is 14.5. The van der Waals surface area contributed by atoms with Crippen molar-refractivity contribution in [3.05, 3.63) is 0 Å². The van der Waals surface area contributed by atoms with Crippen molar-refractivity contribution >= 4 is 5.97 Å². The lowest BCUT2D eigenvalue weighted by Gasteiger charge is -2.72. The van der Waals surface area contributed by atoms with E-state index in [9.17, 15) is 20.1 Å². The smallest absolute Gasteiger partial charge is 0.309 e. The molecule has 0 aromatic carbocycles. The Morgan fingerprint density at radius 2 is 1.54 bits per heavy atom. The minimum absolute atomic E-state index is 0.0568. The van der Waals surface area contributed by atoms with E-state index in [4.69, 9.17) is 4.74 Å². The van der Waals surface area contributed by atoms with Gasteiger partial charge in [0.1, 0.15) is 0 Å². The van der Waals surface area contributed by atoms with Crippen LogP contribution < -0.4 is 0 Å². The minimum Gasteiger partial charge on any atom is -0.481 e. The first kappa shape index (κ1) is 24.7. The van der Waals surface area contributed by atoms with Gasteiger partial charge in [-0.2, -0.15) is 0 Å². The molecule has 6 unspecified atom stereocenters. The predicted octanol–water partition coefficient (Wildman–Crippen LogP) is 5.27. The Balaban J connectivity index is 1.40. The molecule has 3 N–H and O–H groups in total. The molecule has 5 nitrogen and oxygen atoms in total. The number of carboxylic acid groups (broad SMARTS) is 1. The summed E-state index contributed by atoms with van der Waals surface area (Å²) < 4.78 is 5.99. The van der Waals surface area contributed by atoms with Gasteiger partial charge in [0.15, 0.2) is 0 Å². The van der Waals surface area contributed by atoms with E-state index in [2.05, 4.69) is 34.6 Å². The SMILES string of the molecule is CC1(C2CC[C@]3(C(=O)O)CC[C@]4(C)C(CCC5[C@@]6(C)CC[C@H](O)[C@@](C)(CO)C6CC[C@]54C)C23)CO1. The molecule has 0 aromatic heterocycles. The maximum absolute atomic E-state index is 12.9. The summed E-state index contributed by atoms with van der Waals surface area (Å²) in [4.78, 5) is 12.9. The van der Waals surface area contributed by atoms with E-state index < -0.39 is 22.9 Å². The molecule has 1 saturated heterocycles. The highest BCUT2D eigenvalue weighted by molar-refractivity contribution is 5.76. The Labute approximate surface area is 211 Å². The van der Waals surface area contributed by atoms with E-state index in [0.717, 1.165) is 70.8 Å². The van der Waals surface area contributed by atoms with Gasteiger partial charge in [-0.15, -0.1) is 0 Å². The van der Waals surface area contributed by atoms with Crippen LogP contribution in [0.2, 0.25) is 0 Å². The molecule has 0 spiro atoms. The van der Waals surface area contributed by atoms with Gasteiger partial charge in [-0.1, -0.05) is 27.7 Å². The maximum Gasteiger partial charge on any atom is 0.309 e. The summed E-state index contributed by atoms with van der Waals surface area (Å²) in [6, 6.07) is 0. The van der Waals surface area contributed by atoms with Crippen molar-refractivity contribution < 1.29 is 24.9 Å². The second-order valence-electron chi connectivity index (χ2n) is 15.1. The number of carboxylic acids is 1. The van der Waals surface area contributed by atoms with Gasteiger partial charge >= 0.3 is 5.97 Å². The number of carbonyl (C=O) groups is 1. The summed E-state index contributed by atoms with van der Waals surface area (Å²) in [6.45, 7) is 12.8. The Morgan fingerprint density at radius 3 is 2.17 bits per heavy atom. The van der Waals surface area contributed by atoms with E-state index >= 15 is 0 Å². The van der Waals surface area contributed by atoms with Crippen LogP contribution in [0.3, 0.4) is 0 Å². The van der Waals surface area contributed by atoms with Crippen molar-refractivity contribution in [3.63, 3.8) is 0 Å². The average Bonchev–Trinajstić information content (AvgIpc) is 3.42. The summed E-state index contributed by atoms with van der Waals surface area (Å²) in [6.07, 6.45) is 9.46. The lowest BCUT2D eigenvalue weighted by Crippen LogP contribution is -2.68. The fraction of sp³-hybridized carbons (Fsp3) is 0.967. The van der Waals surface area contributed by atoms with E-state index in [-0.39, 0.29) is 34.4 Å². The number of ether oxygens (including phenoxy) is 1. The number of fused-ring (bicyclic) bond motifs is 7. The molecule has 1 heterocycles. The number of rotatable bonds is 3. The Morgan fingerprint density at radius 1 is 0.829 bits per heavy atom. The lowest BCUT2D eigenvalue weighted by molar-refractivity contribution is -0.255. The molecule has 6 rings (SSSR count). The molecule has 0 bridgehead atoms. The largest absolute Gasteiger partial charge is 0.481 e. The number of aliphatic carboxylic acids is 1. The molecule has 5 aliphatic carbocycles. The van der Waals surface area contributed by atoms with Gasteiger partial charge in [0, 0.05) is 5.41 Å². The predicted molar refractivity (Wildman–Crippen MR) is 134 cm³/mol. The van der Waals surface area contributed by atoms with Gasteiger partial charge in [-0.3, -0.25) is 4.79 Å². The van der Waals surface area contributed by atoms with Gasteiger partial charge in [-0.05, 0) is 117 Å². The Kier molecular flexibility index (Phi) is 5.12. The van der Waals surface area contributed by atoms with Crippen molar-refractivity contribution in [2.45, 2.75) is 111 Å². The topological polar surface area (TPSA) is 90.3 Å². The summed E-state index contributed by atoms with van der Waals surface area (Å²) in [5.74, 6) is 1.34. The third-order valence-corrected chi connectivity index (χ3v) is 14.4. The number of aliphatic hydroxyl groups is 2. The van der Waals surface area contributed by atoms with Crippen LogP contribution in [-0.4, -0.2) is 46.2 Å². The van der Waals surface area contributed by atoms with Gasteiger partial charge in [0.05, 0.1) is 30.3 Å². The molecule has 198 valence electrons. The van der Waals surface area contributed by atoms with Crippen molar-refractivity contribution in [1.29, 1.82) is 0 Å². The first-order valence-electron chi connectivity index (χ1n) is 14.5.